The van der Waals surface area contributed by atoms with Gasteiger partial charge in [-0.05, 0) is 48.4 Å². The van der Waals surface area contributed by atoms with Crippen molar-refractivity contribution in [3.8, 4) is 5.75 Å². The van der Waals surface area contributed by atoms with Gasteiger partial charge < -0.3 is 15.4 Å². The molecule has 30 heavy (non-hydrogen) atoms. The van der Waals surface area contributed by atoms with Crippen molar-refractivity contribution in [3.63, 3.8) is 0 Å². The Morgan fingerprint density at radius 2 is 1.97 bits per heavy atom. The molecule has 2 N–H and O–H groups in total. The standard InChI is InChI=1S/C22H24FN5O2/c23-19-5-1-16(2-6-19)18-9-11-27(13-18)22(29)17-3-7-21(8-4-17)30-15-20(24)14-28-12-10-25-26-28/h1-8,10,12,18,20H,9,11,13-15,24H2/t18-,20+/m0/s1. The number of amides is 1. The third kappa shape index (κ3) is 4.83. The van der Waals surface area contributed by atoms with Crippen molar-refractivity contribution in [3.05, 3.63) is 77.9 Å². The van der Waals surface area contributed by atoms with Gasteiger partial charge in [0.05, 0.1) is 18.8 Å². The van der Waals surface area contributed by atoms with Crippen molar-refractivity contribution in [2.45, 2.75) is 24.9 Å². The largest absolute Gasteiger partial charge is 0.492 e. The van der Waals surface area contributed by atoms with Gasteiger partial charge in [-0.1, -0.05) is 17.3 Å². The highest BCUT2D eigenvalue weighted by Crippen LogP contribution is 2.28. The second-order valence-electron chi connectivity index (χ2n) is 7.51. The fraction of sp³-hybridized carbons (Fsp3) is 0.318. The van der Waals surface area contributed by atoms with Crippen LogP contribution in [0.25, 0.3) is 0 Å². The van der Waals surface area contributed by atoms with Gasteiger partial charge in [-0.25, -0.2) is 4.39 Å². The van der Waals surface area contributed by atoms with Gasteiger partial charge in [0.15, 0.2) is 0 Å². The molecule has 1 saturated heterocycles. The first kappa shape index (κ1) is 20.0. The smallest absolute Gasteiger partial charge is 0.253 e. The number of halogens is 1. The summed E-state index contributed by atoms with van der Waals surface area (Å²) in [6.07, 6.45) is 4.23. The lowest BCUT2D eigenvalue weighted by atomic mass is 9.99. The van der Waals surface area contributed by atoms with Crippen LogP contribution in [0.2, 0.25) is 0 Å². The summed E-state index contributed by atoms with van der Waals surface area (Å²) in [5.74, 6) is 0.648. The Labute approximate surface area is 174 Å². The number of nitrogens with two attached hydrogens (primary N) is 1. The molecule has 2 heterocycles. The zero-order valence-electron chi connectivity index (χ0n) is 16.5. The Hall–Kier alpha value is -3.26. The molecular formula is C22H24FN5O2. The third-order valence-corrected chi connectivity index (χ3v) is 5.28. The molecule has 7 nitrogen and oxygen atoms in total. The van der Waals surface area contributed by atoms with Gasteiger partial charge in [0, 0.05) is 30.8 Å². The summed E-state index contributed by atoms with van der Waals surface area (Å²) in [7, 11) is 0. The van der Waals surface area contributed by atoms with Gasteiger partial charge >= 0.3 is 0 Å². The Balaban J connectivity index is 1.29. The molecule has 1 aromatic heterocycles. The van der Waals surface area contributed by atoms with Crippen LogP contribution in [0.15, 0.2) is 60.9 Å². The predicted octanol–water partition coefficient (Wildman–Crippen LogP) is 2.45. The van der Waals surface area contributed by atoms with Crippen LogP contribution in [0.1, 0.15) is 28.3 Å². The summed E-state index contributed by atoms with van der Waals surface area (Å²) < 4.78 is 20.5. The molecule has 156 valence electrons. The second kappa shape index (κ2) is 9.04. The summed E-state index contributed by atoms with van der Waals surface area (Å²) in [6, 6.07) is 13.4. The Bertz CT molecular complexity index is 960. The third-order valence-electron chi connectivity index (χ3n) is 5.28. The first-order valence-corrected chi connectivity index (χ1v) is 9.96. The second-order valence-corrected chi connectivity index (χ2v) is 7.51. The van der Waals surface area contributed by atoms with Crippen LogP contribution in [-0.2, 0) is 6.54 Å². The minimum absolute atomic E-state index is 0.00551. The average molecular weight is 409 g/mol. The lowest BCUT2D eigenvalue weighted by Crippen LogP contribution is -2.32. The summed E-state index contributed by atoms with van der Waals surface area (Å²) in [5.41, 5.74) is 7.73. The molecule has 0 saturated carbocycles. The summed E-state index contributed by atoms with van der Waals surface area (Å²) in [5, 5.41) is 7.62. The molecule has 2 aromatic carbocycles. The van der Waals surface area contributed by atoms with Crippen LogP contribution in [-0.4, -0.2) is 51.5 Å². The molecule has 1 aliphatic heterocycles. The van der Waals surface area contributed by atoms with Gasteiger partial charge in [-0.15, -0.1) is 5.10 Å². The van der Waals surface area contributed by atoms with E-state index in [0.717, 1.165) is 12.0 Å². The van der Waals surface area contributed by atoms with E-state index < -0.39 is 0 Å². The Morgan fingerprint density at radius 3 is 2.67 bits per heavy atom. The SMILES string of the molecule is N[C@@H](COc1ccc(C(=O)N2CC[C@H](c3ccc(F)cc3)C2)cc1)Cn1ccnn1. The highest BCUT2D eigenvalue weighted by molar-refractivity contribution is 5.94. The van der Waals surface area contributed by atoms with E-state index in [0.29, 0.717) is 37.6 Å². The lowest BCUT2D eigenvalue weighted by molar-refractivity contribution is 0.0790. The van der Waals surface area contributed by atoms with E-state index in [-0.39, 0.29) is 23.7 Å². The van der Waals surface area contributed by atoms with Crippen LogP contribution < -0.4 is 10.5 Å². The molecule has 1 aliphatic rings. The molecule has 0 bridgehead atoms. The normalized spacial score (nSPS) is 17.1. The van der Waals surface area contributed by atoms with Crippen molar-refractivity contribution in [1.29, 1.82) is 0 Å². The molecule has 0 spiro atoms. The number of rotatable bonds is 7. The highest BCUT2D eigenvalue weighted by atomic mass is 19.1. The molecule has 2 atom stereocenters. The zero-order chi connectivity index (χ0) is 20.9. The number of hydrogen-bond donors (Lipinski definition) is 1. The monoisotopic (exact) mass is 409 g/mol. The van der Waals surface area contributed by atoms with E-state index in [4.69, 9.17) is 10.5 Å². The van der Waals surface area contributed by atoms with Crippen molar-refractivity contribution >= 4 is 5.91 Å². The van der Waals surface area contributed by atoms with E-state index in [9.17, 15) is 9.18 Å². The van der Waals surface area contributed by atoms with Crippen LogP contribution in [0, 0.1) is 5.82 Å². The Morgan fingerprint density at radius 1 is 1.20 bits per heavy atom. The zero-order valence-corrected chi connectivity index (χ0v) is 16.5. The molecular weight excluding hydrogens is 385 g/mol. The van der Waals surface area contributed by atoms with Crippen molar-refractivity contribution in [1.82, 2.24) is 19.9 Å². The fourth-order valence-corrected chi connectivity index (χ4v) is 3.65. The van der Waals surface area contributed by atoms with E-state index in [1.807, 2.05) is 4.90 Å². The molecule has 3 aromatic rings. The van der Waals surface area contributed by atoms with E-state index in [2.05, 4.69) is 10.3 Å². The number of hydrogen-bond acceptors (Lipinski definition) is 5. The quantitative estimate of drug-likeness (QED) is 0.648. The summed E-state index contributed by atoms with van der Waals surface area (Å²) >= 11 is 0. The molecule has 4 rings (SSSR count). The summed E-state index contributed by atoms with van der Waals surface area (Å²) in [6.45, 7) is 2.18. The number of likely N-dealkylation sites (tertiary alicyclic amines) is 1. The van der Waals surface area contributed by atoms with Crippen LogP contribution in [0.3, 0.4) is 0 Å². The Kier molecular flexibility index (Phi) is 6.04. The minimum atomic E-state index is -0.244. The molecule has 8 heteroatoms. The number of benzene rings is 2. The number of nitrogens with zero attached hydrogens (tertiary/aromatic N) is 4. The maximum Gasteiger partial charge on any atom is 0.253 e. The van der Waals surface area contributed by atoms with E-state index >= 15 is 0 Å². The van der Waals surface area contributed by atoms with E-state index in [1.54, 1.807) is 53.5 Å². The topological polar surface area (TPSA) is 86.3 Å². The molecule has 0 aliphatic carbocycles. The number of carbonyl (C=O) groups excluding carboxylic acids is 1. The minimum Gasteiger partial charge on any atom is -0.492 e. The first-order valence-electron chi connectivity index (χ1n) is 9.96. The van der Waals surface area contributed by atoms with E-state index in [1.165, 1.54) is 12.1 Å². The van der Waals surface area contributed by atoms with Gasteiger partial charge in [-0.2, -0.15) is 0 Å². The average Bonchev–Trinajstić information content (AvgIpc) is 3.45. The molecule has 1 amide bonds. The van der Waals surface area contributed by atoms with Crippen LogP contribution in [0.5, 0.6) is 5.75 Å². The van der Waals surface area contributed by atoms with Gasteiger partial charge in [0.2, 0.25) is 0 Å². The summed E-state index contributed by atoms with van der Waals surface area (Å²) in [4.78, 5) is 14.7. The van der Waals surface area contributed by atoms with Crippen LogP contribution in [0.4, 0.5) is 4.39 Å². The highest BCUT2D eigenvalue weighted by Gasteiger charge is 2.28. The van der Waals surface area contributed by atoms with Crippen molar-refractivity contribution in [2.75, 3.05) is 19.7 Å². The van der Waals surface area contributed by atoms with Crippen molar-refractivity contribution < 1.29 is 13.9 Å². The molecule has 0 unspecified atom stereocenters. The number of aromatic nitrogens is 3. The lowest BCUT2D eigenvalue weighted by Gasteiger charge is -2.17. The van der Waals surface area contributed by atoms with Crippen molar-refractivity contribution in [2.24, 2.45) is 5.73 Å². The fourth-order valence-electron chi connectivity index (χ4n) is 3.65. The predicted molar refractivity (Wildman–Crippen MR) is 110 cm³/mol. The molecule has 1 fully saturated rings. The maximum absolute atomic E-state index is 13.1. The van der Waals surface area contributed by atoms with Crippen LogP contribution >= 0.6 is 0 Å². The number of ether oxygens (including phenoxy) is 1. The van der Waals surface area contributed by atoms with Gasteiger partial charge in [-0.3, -0.25) is 9.48 Å². The number of carbonyl (C=O) groups is 1. The van der Waals surface area contributed by atoms with Gasteiger partial charge in [0.25, 0.3) is 5.91 Å². The maximum atomic E-state index is 13.1. The van der Waals surface area contributed by atoms with Gasteiger partial charge in [0.1, 0.15) is 18.2 Å². The first-order chi connectivity index (χ1) is 14.6. The molecule has 0 radical (unpaired) electrons.